The highest BCUT2D eigenvalue weighted by molar-refractivity contribution is 5.75. The van der Waals surface area contributed by atoms with E-state index < -0.39 is 18.0 Å². The van der Waals surface area contributed by atoms with Crippen LogP contribution in [-0.4, -0.2) is 46.2 Å². The van der Waals surface area contributed by atoms with Crippen LogP contribution in [-0.2, 0) is 9.59 Å². The van der Waals surface area contributed by atoms with E-state index in [1.165, 1.54) is 154 Å². The number of carboxylic acids is 2. The maximum Gasteiger partial charge on any atom is 0.320 e. The number of unbranched alkanes of at least 4 members (excludes halogenated alkanes) is 24. The van der Waals surface area contributed by atoms with E-state index in [1.54, 1.807) is 0 Å². The summed E-state index contributed by atoms with van der Waals surface area (Å²) in [5, 5.41) is 19.0. The molecule has 0 fully saturated rings. The third-order valence-corrected chi connectivity index (χ3v) is 9.27. The maximum atomic E-state index is 12.1. The van der Waals surface area contributed by atoms with Crippen LogP contribution < -0.4 is 0 Å². The maximum absolute atomic E-state index is 12.1. The predicted molar refractivity (Wildman–Crippen MR) is 199 cm³/mol. The number of hydrogen-bond acceptors (Lipinski definition) is 3. The molecule has 0 bridgehead atoms. The van der Waals surface area contributed by atoms with Crippen LogP contribution in [0.4, 0.5) is 0 Å². The molecule has 0 unspecified atom stereocenters. The highest BCUT2D eigenvalue weighted by Crippen LogP contribution is 2.16. The second-order valence-electron chi connectivity index (χ2n) is 13.7. The Bertz CT molecular complexity index is 677. The summed E-state index contributed by atoms with van der Waals surface area (Å²) in [7, 11) is 0. The fourth-order valence-electron chi connectivity index (χ4n) is 6.27. The van der Waals surface area contributed by atoms with E-state index in [1.807, 2.05) is 0 Å². The molecular weight excluding hydrogens is 570 g/mol. The highest BCUT2D eigenvalue weighted by atomic mass is 16.4. The monoisotopic (exact) mass is 648 g/mol. The molecule has 5 heteroatoms. The lowest BCUT2D eigenvalue weighted by atomic mass is 10.0. The minimum Gasteiger partial charge on any atom is -0.481 e. The summed E-state index contributed by atoms with van der Waals surface area (Å²) in [5.41, 5.74) is 0. The molecule has 0 rings (SSSR count). The van der Waals surface area contributed by atoms with Gasteiger partial charge in [0, 0.05) is 6.42 Å². The topological polar surface area (TPSA) is 77.8 Å². The molecule has 0 saturated heterocycles. The molecule has 0 aliphatic heterocycles. The minimum absolute atomic E-state index is 0.0890. The second kappa shape index (κ2) is 36.2. The summed E-state index contributed by atoms with van der Waals surface area (Å²) in [5.74, 6) is -1.80. The fourth-order valence-corrected chi connectivity index (χ4v) is 6.27. The van der Waals surface area contributed by atoms with Gasteiger partial charge in [-0.15, -0.1) is 0 Å². The fraction of sp³-hybridized carbons (Fsp3) is 0.854. The average Bonchev–Trinajstić information content (AvgIpc) is 3.03. The molecule has 0 aliphatic rings. The van der Waals surface area contributed by atoms with Gasteiger partial charge in [-0.1, -0.05) is 154 Å². The molecule has 0 radical (unpaired) electrons. The first-order chi connectivity index (χ1) is 22.5. The van der Waals surface area contributed by atoms with Crippen molar-refractivity contribution in [1.29, 1.82) is 0 Å². The normalized spacial score (nSPS) is 12.6. The van der Waals surface area contributed by atoms with Crippen LogP contribution in [0.1, 0.15) is 206 Å². The van der Waals surface area contributed by atoms with Crippen molar-refractivity contribution in [2.45, 2.75) is 213 Å². The lowest BCUT2D eigenvalue weighted by Crippen LogP contribution is -2.42. The van der Waals surface area contributed by atoms with Gasteiger partial charge in [-0.25, -0.2) is 0 Å². The van der Waals surface area contributed by atoms with Gasteiger partial charge in [0.2, 0.25) is 0 Å². The number of nitrogens with zero attached hydrogens (tertiary/aromatic N) is 1. The largest absolute Gasteiger partial charge is 0.481 e. The van der Waals surface area contributed by atoms with E-state index in [0.717, 1.165) is 38.8 Å². The molecule has 46 heavy (non-hydrogen) atoms. The van der Waals surface area contributed by atoms with E-state index in [-0.39, 0.29) is 12.8 Å². The van der Waals surface area contributed by atoms with Crippen molar-refractivity contribution in [3.63, 3.8) is 0 Å². The van der Waals surface area contributed by atoms with Gasteiger partial charge >= 0.3 is 11.9 Å². The van der Waals surface area contributed by atoms with Gasteiger partial charge in [-0.2, -0.15) is 0 Å². The zero-order valence-electron chi connectivity index (χ0n) is 30.7. The van der Waals surface area contributed by atoms with Crippen LogP contribution >= 0.6 is 0 Å². The molecule has 1 atom stereocenters. The van der Waals surface area contributed by atoms with E-state index in [9.17, 15) is 14.7 Å². The molecular formula is C41H77NO4. The third kappa shape index (κ3) is 32.3. The summed E-state index contributed by atoms with van der Waals surface area (Å²) in [6.07, 6.45) is 44.8. The minimum atomic E-state index is -0.916. The average molecular weight is 648 g/mol. The molecule has 0 amide bonds. The lowest BCUT2D eigenvalue weighted by Gasteiger charge is -2.28. The van der Waals surface area contributed by atoms with Crippen LogP contribution in [0.3, 0.4) is 0 Å². The first kappa shape index (κ1) is 44.4. The standard InChI is InChI=1S/C41H77NO4/c1-3-5-7-9-11-13-15-17-19-21-23-25-27-29-31-33-37-42(39(41(45)46)35-36-40(43)44)38-34-32-30-28-26-24-22-20-18-16-14-12-10-8-6-4-2/h17-20,39H,3-16,21-38H2,1-2H3,(H,43,44)(H,45,46)/t39-/m0/s1. The first-order valence-electron chi connectivity index (χ1n) is 20.0. The van der Waals surface area contributed by atoms with Gasteiger partial charge in [-0.3, -0.25) is 14.5 Å². The Morgan fingerprint density at radius 3 is 1.09 bits per heavy atom. The van der Waals surface area contributed by atoms with Crippen LogP contribution in [0.15, 0.2) is 24.3 Å². The Labute approximate surface area is 286 Å². The van der Waals surface area contributed by atoms with Gasteiger partial charge in [0.1, 0.15) is 6.04 Å². The molecule has 0 aliphatic carbocycles. The molecule has 0 aromatic rings. The predicted octanol–water partition coefficient (Wildman–Crippen LogP) is 12.7. The smallest absolute Gasteiger partial charge is 0.320 e. The molecule has 0 saturated carbocycles. The molecule has 0 aromatic carbocycles. The number of rotatable bonds is 37. The number of allylic oxidation sites excluding steroid dienone is 4. The third-order valence-electron chi connectivity index (χ3n) is 9.27. The van der Waals surface area contributed by atoms with Crippen molar-refractivity contribution in [3.05, 3.63) is 24.3 Å². The van der Waals surface area contributed by atoms with Crippen molar-refractivity contribution in [2.24, 2.45) is 0 Å². The van der Waals surface area contributed by atoms with Crippen molar-refractivity contribution < 1.29 is 19.8 Å². The first-order valence-corrected chi connectivity index (χ1v) is 20.0. The molecule has 2 N–H and O–H groups in total. The van der Waals surface area contributed by atoms with E-state index in [4.69, 9.17) is 5.11 Å². The molecule has 0 heterocycles. The highest BCUT2D eigenvalue weighted by Gasteiger charge is 2.25. The van der Waals surface area contributed by atoms with Crippen LogP contribution in [0.2, 0.25) is 0 Å². The number of hydrogen-bond donors (Lipinski definition) is 2. The second-order valence-corrected chi connectivity index (χ2v) is 13.7. The molecule has 5 nitrogen and oxygen atoms in total. The molecule has 270 valence electrons. The molecule has 0 spiro atoms. The SMILES string of the molecule is CCCCCCCCC=CCCCCCCCCN(CCCCCCCCC=CCCCCCCCC)[C@@H](CCC(=O)O)C(=O)O. The lowest BCUT2D eigenvalue weighted by molar-refractivity contribution is -0.144. The van der Waals surface area contributed by atoms with Gasteiger partial charge in [-0.05, 0) is 83.7 Å². The van der Waals surface area contributed by atoms with E-state index in [2.05, 4.69) is 43.1 Å². The Kier molecular flexibility index (Phi) is 34.9. The van der Waals surface area contributed by atoms with Gasteiger partial charge in [0.05, 0.1) is 0 Å². The number of carbonyl (C=O) groups is 2. The van der Waals surface area contributed by atoms with Gasteiger partial charge in [0.15, 0.2) is 0 Å². The summed E-state index contributed by atoms with van der Waals surface area (Å²) >= 11 is 0. The Morgan fingerprint density at radius 1 is 0.478 bits per heavy atom. The Morgan fingerprint density at radius 2 is 0.783 bits per heavy atom. The van der Waals surface area contributed by atoms with Gasteiger partial charge < -0.3 is 10.2 Å². The summed E-state index contributed by atoms with van der Waals surface area (Å²) < 4.78 is 0. The summed E-state index contributed by atoms with van der Waals surface area (Å²) in [6, 6.07) is -0.692. The van der Waals surface area contributed by atoms with Crippen molar-refractivity contribution in [2.75, 3.05) is 13.1 Å². The van der Waals surface area contributed by atoms with E-state index >= 15 is 0 Å². The van der Waals surface area contributed by atoms with Crippen LogP contribution in [0.25, 0.3) is 0 Å². The molecule has 0 aromatic heterocycles. The van der Waals surface area contributed by atoms with Crippen molar-refractivity contribution in [3.8, 4) is 0 Å². The zero-order chi connectivity index (χ0) is 33.8. The van der Waals surface area contributed by atoms with Crippen molar-refractivity contribution in [1.82, 2.24) is 4.90 Å². The Hall–Kier alpha value is -1.62. The summed E-state index contributed by atoms with van der Waals surface area (Å²) in [4.78, 5) is 25.3. The zero-order valence-corrected chi connectivity index (χ0v) is 30.7. The van der Waals surface area contributed by atoms with E-state index in [0.29, 0.717) is 0 Å². The van der Waals surface area contributed by atoms with Crippen LogP contribution in [0.5, 0.6) is 0 Å². The number of aliphatic carboxylic acids is 2. The van der Waals surface area contributed by atoms with Gasteiger partial charge in [0.25, 0.3) is 0 Å². The van der Waals surface area contributed by atoms with Crippen molar-refractivity contribution >= 4 is 11.9 Å². The Balaban J connectivity index is 4.09. The summed E-state index contributed by atoms with van der Waals surface area (Å²) in [6.45, 7) is 6.04. The van der Waals surface area contributed by atoms with Crippen LogP contribution in [0, 0.1) is 0 Å². The quantitative estimate of drug-likeness (QED) is 0.0518. The number of carboxylic acid groups (broad SMARTS) is 2.